The third-order valence-corrected chi connectivity index (χ3v) is 5.07. The van der Waals surface area contributed by atoms with Crippen LogP contribution in [0.4, 0.5) is 0 Å². The third-order valence-electron chi connectivity index (χ3n) is 3.90. The molecule has 0 aromatic carbocycles. The summed E-state index contributed by atoms with van der Waals surface area (Å²) in [6.07, 6.45) is 20.8. The normalized spacial score (nSPS) is 14.3. The number of rotatable bonds is 16. The first-order valence-electron chi connectivity index (χ1n) is 9.09. The lowest BCUT2D eigenvalue weighted by molar-refractivity contribution is 0.305. The lowest BCUT2D eigenvalue weighted by Crippen LogP contribution is -1.84. The molecule has 0 radical (unpaired) electrons. The van der Waals surface area contributed by atoms with Crippen LogP contribution in [0.5, 0.6) is 0 Å². The predicted molar refractivity (Wildman–Crippen MR) is 96.5 cm³/mol. The Hall–Kier alpha value is -0.270. The molecule has 0 fully saturated rings. The molecule has 0 N–H and O–H groups in total. The van der Waals surface area contributed by atoms with Gasteiger partial charge in [0.25, 0.3) is 0 Å². The van der Waals surface area contributed by atoms with Crippen molar-refractivity contribution in [2.45, 2.75) is 90.4 Å². The van der Waals surface area contributed by atoms with Crippen molar-refractivity contribution in [3.8, 4) is 0 Å². The van der Waals surface area contributed by atoms with E-state index in [4.69, 9.17) is 9.05 Å². The second-order valence-corrected chi connectivity index (χ2v) is 8.23. The Kier molecular flexibility index (Phi) is 15.4. The van der Waals surface area contributed by atoms with E-state index in [1.54, 1.807) is 0 Å². The van der Waals surface area contributed by atoms with Gasteiger partial charge in [0.15, 0.2) is 0 Å². The monoisotopic (exact) mass is 332 g/mol. The van der Waals surface area contributed by atoms with Crippen LogP contribution >= 0.6 is 7.60 Å². The molecular weight excluding hydrogens is 295 g/mol. The Bertz CT molecular complexity index is 303. The maximum Gasteiger partial charge on any atom is 0.375 e. The fourth-order valence-corrected chi connectivity index (χ4v) is 2.76. The van der Waals surface area contributed by atoms with Gasteiger partial charge in [-0.25, -0.2) is 4.57 Å². The van der Waals surface area contributed by atoms with Crippen molar-refractivity contribution < 1.29 is 13.6 Å². The first kappa shape index (κ1) is 21.7. The van der Waals surface area contributed by atoms with E-state index in [9.17, 15) is 4.57 Å². The van der Waals surface area contributed by atoms with Crippen molar-refractivity contribution in [3.63, 3.8) is 0 Å². The summed E-state index contributed by atoms with van der Waals surface area (Å²) in [5.74, 6) is 0. The molecule has 0 saturated heterocycles. The van der Waals surface area contributed by atoms with E-state index in [2.05, 4.69) is 6.92 Å². The van der Waals surface area contributed by atoms with Gasteiger partial charge in [0.1, 0.15) is 0 Å². The standard InChI is InChI=1S/C18H37O3P/c1-4-5-6-7-8-9-10-11-12-13-14-15-16-17-18-21-22(3,19)20-2/h17-18H,4-16H2,1-3H3. The van der Waals surface area contributed by atoms with Crippen molar-refractivity contribution in [1.29, 1.82) is 0 Å². The van der Waals surface area contributed by atoms with Gasteiger partial charge in [0.2, 0.25) is 0 Å². The zero-order valence-electron chi connectivity index (χ0n) is 15.0. The highest BCUT2D eigenvalue weighted by Crippen LogP contribution is 2.42. The van der Waals surface area contributed by atoms with Crippen LogP contribution in [0.25, 0.3) is 0 Å². The van der Waals surface area contributed by atoms with Crippen LogP contribution in [0.15, 0.2) is 12.3 Å². The molecular formula is C18H37O3P. The molecule has 0 spiro atoms. The third kappa shape index (κ3) is 16.1. The molecule has 0 amide bonds. The summed E-state index contributed by atoms with van der Waals surface area (Å²) in [5, 5.41) is 0. The fraction of sp³-hybridized carbons (Fsp3) is 0.889. The van der Waals surface area contributed by atoms with Crippen molar-refractivity contribution in [2.75, 3.05) is 13.8 Å². The average molecular weight is 332 g/mol. The minimum Gasteiger partial charge on any atom is -0.433 e. The number of unbranched alkanes of at least 4 members (excludes halogenated alkanes) is 12. The first-order valence-corrected chi connectivity index (χ1v) is 11.1. The summed E-state index contributed by atoms with van der Waals surface area (Å²) in [6.45, 7) is 3.74. The minimum absolute atomic E-state index is 0.987. The highest BCUT2D eigenvalue weighted by atomic mass is 31.2. The SMILES string of the molecule is CCCCCCCCCCCCCCC=COP(C)(=O)OC. The van der Waals surface area contributed by atoms with Crippen molar-refractivity contribution in [1.82, 2.24) is 0 Å². The molecule has 1 unspecified atom stereocenters. The lowest BCUT2D eigenvalue weighted by atomic mass is 10.0. The zero-order chi connectivity index (χ0) is 16.5. The quantitative estimate of drug-likeness (QED) is 0.172. The topological polar surface area (TPSA) is 35.5 Å². The van der Waals surface area contributed by atoms with Crippen LogP contribution in [0.1, 0.15) is 90.4 Å². The van der Waals surface area contributed by atoms with Gasteiger partial charge in [-0.15, -0.1) is 0 Å². The van der Waals surface area contributed by atoms with Gasteiger partial charge in [0.05, 0.1) is 6.26 Å². The van der Waals surface area contributed by atoms with Crippen LogP contribution in [-0.2, 0) is 13.6 Å². The maximum atomic E-state index is 11.4. The molecule has 4 heteroatoms. The zero-order valence-corrected chi connectivity index (χ0v) is 15.9. The summed E-state index contributed by atoms with van der Waals surface area (Å²) >= 11 is 0. The van der Waals surface area contributed by atoms with Gasteiger partial charge in [-0.1, -0.05) is 77.6 Å². The van der Waals surface area contributed by atoms with Crippen molar-refractivity contribution in [3.05, 3.63) is 12.3 Å². The highest BCUT2D eigenvalue weighted by Gasteiger charge is 2.11. The lowest BCUT2D eigenvalue weighted by Gasteiger charge is -2.07. The van der Waals surface area contributed by atoms with Gasteiger partial charge < -0.3 is 9.05 Å². The molecule has 0 aliphatic heterocycles. The van der Waals surface area contributed by atoms with Gasteiger partial charge in [-0.3, -0.25) is 0 Å². The predicted octanol–water partition coefficient (Wildman–Crippen LogP) is 7.08. The van der Waals surface area contributed by atoms with Gasteiger partial charge in [-0.05, 0) is 18.9 Å². The molecule has 3 nitrogen and oxygen atoms in total. The van der Waals surface area contributed by atoms with Gasteiger partial charge in [0, 0.05) is 13.8 Å². The molecule has 132 valence electrons. The van der Waals surface area contributed by atoms with Crippen molar-refractivity contribution >= 4 is 7.60 Å². The smallest absolute Gasteiger partial charge is 0.375 e. The largest absolute Gasteiger partial charge is 0.433 e. The molecule has 0 aromatic heterocycles. The maximum absolute atomic E-state index is 11.4. The Labute approximate surface area is 138 Å². The molecule has 22 heavy (non-hydrogen) atoms. The molecule has 0 heterocycles. The molecule has 0 aliphatic rings. The Morgan fingerprint density at radius 1 is 0.818 bits per heavy atom. The van der Waals surface area contributed by atoms with Gasteiger partial charge >= 0.3 is 7.60 Å². The average Bonchev–Trinajstić information content (AvgIpc) is 2.51. The summed E-state index contributed by atoms with van der Waals surface area (Å²) in [6, 6.07) is 0. The Balaban J connectivity index is 3.17. The number of allylic oxidation sites excluding steroid dienone is 1. The second kappa shape index (κ2) is 15.6. The van der Waals surface area contributed by atoms with Gasteiger partial charge in [-0.2, -0.15) is 0 Å². The molecule has 0 bridgehead atoms. The molecule has 0 aliphatic carbocycles. The summed E-state index contributed by atoms with van der Waals surface area (Å²) in [4.78, 5) is 0. The summed E-state index contributed by atoms with van der Waals surface area (Å²) in [7, 11) is -1.44. The van der Waals surface area contributed by atoms with E-state index < -0.39 is 7.60 Å². The first-order chi connectivity index (χ1) is 10.6. The van der Waals surface area contributed by atoms with E-state index in [0.717, 1.165) is 6.42 Å². The number of hydrogen-bond donors (Lipinski definition) is 0. The van der Waals surface area contributed by atoms with Crippen LogP contribution in [0.2, 0.25) is 0 Å². The molecule has 0 rings (SSSR count). The van der Waals surface area contributed by atoms with E-state index in [0.29, 0.717) is 0 Å². The molecule has 0 saturated carbocycles. The van der Waals surface area contributed by atoms with Crippen LogP contribution < -0.4 is 0 Å². The van der Waals surface area contributed by atoms with E-state index in [1.807, 2.05) is 6.08 Å². The highest BCUT2D eigenvalue weighted by molar-refractivity contribution is 7.53. The molecule has 0 aromatic rings. The molecule has 1 atom stereocenters. The van der Waals surface area contributed by atoms with Crippen LogP contribution in [0, 0.1) is 0 Å². The summed E-state index contributed by atoms with van der Waals surface area (Å²) in [5.41, 5.74) is 0. The van der Waals surface area contributed by atoms with E-state index >= 15 is 0 Å². The second-order valence-electron chi connectivity index (χ2n) is 6.11. The van der Waals surface area contributed by atoms with Crippen LogP contribution in [0.3, 0.4) is 0 Å². The summed E-state index contributed by atoms with van der Waals surface area (Å²) < 4.78 is 21.2. The Morgan fingerprint density at radius 3 is 1.73 bits per heavy atom. The van der Waals surface area contributed by atoms with E-state index in [1.165, 1.54) is 97.1 Å². The van der Waals surface area contributed by atoms with Crippen LogP contribution in [-0.4, -0.2) is 13.8 Å². The minimum atomic E-state index is -2.85. The van der Waals surface area contributed by atoms with E-state index in [-0.39, 0.29) is 0 Å². The Morgan fingerprint density at radius 2 is 1.27 bits per heavy atom. The fourth-order valence-electron chi connectivity index (χ4n) is 2.37. The number of hydrogen-bond acceptors (Lipinski definition) is 3. The van der Waals surface area contributed by atoms with Crippen molar-refractivity contribution in [2.24, 2.45) is 0 Å².